The maximum Gasteiger partial charge on any atom is 0.251 e. The van der Waals surface area contributed by atoms with Crippen LogP contribution in [0, 0.1) is 5.92 Å². The zero-order valence-electron chi connectivity index (χ0n) is 16.8. The first-order chi connectivity index (χ1) is 14.3. The lowest BCUT2D eigenvalue weighted by atomic mass is 9.95. The minimum absolute atomic E-state index is 0.0458. The van der Waals surface area contributed by atoms with Gasteiger partial charge in [0.25, 0.3) is 5.91 Å². The number of carbonyl (C=O) groups is 1. The van der Waals surface area contributed by atoms with E-state index < -0.39 is 0 Å². The molecule has 3 aromatic rings. The van der Waals surface area contributed by atoms with E-state index in [9.17, 15) is 4.79 Å². The van der Waals surface area contributed by atoms with Crippen LogP contribution in [-0.2, 0) is 12.8 Å². The maximum absolute atomic E-state index is 12.6. The summed E-state index contributed by atoms with van der Waals surface area (Å²) in [5.41, 5.74) is 3.81. The highest BCUT2D eigenvalue weighted by molar-refractivity contribution is 5.98. The van der Waals surface area contributed by atoms with Crippen molar-refractivity contribution in [3.8, 4) is 0 Å². The minimum atomic E-state index is 0.0458. The Hall–Kier alpha value is -2.65. The zero-order valence-corrected chi connectivity index (χ0v) is 16.8. The number of hydrogen-bond donors (Lipinski definition) is 1. The van der Waals surface area contributed by atoms with Crippen LogP contribution in [0.2, 0.25) is 0 Å². The Bertz CT molecular complexity index is 995. The largest absolute Gasteiger partial charge is 0.352 e. The molecule has 0 unspecified atom stereocenters. The Kier molecular flexibility index (Phi) is 5.07. The fourth-order valence-electron chi connectivity index (χ4n) is 4.99. The van der Waals surface area contributed by atoms with E-state index in [1.54, 1.807) is 0 Å². The molecule has 0 aromatic heterocycles. The van der Waals surface area contributed by atoms with Gasteiger partial charge in [0.1, 0.15) is 0 Å². The number of nitrogens with zero attached hydrogens (tertiary/aromatic N) is 1. The Balaban J connectivity index is 1.12. The van der Waals surface area contributed by atoms with Gasteiger partial charge in [0.05, 0.1) is 0 Å². The molecule has 0 saturated carbocycles. The summed E-state index contributed by atoms with van der Waals surface area (Å²) in [6.07, 6.45) is 4.73. The lowest BCUT2D eigenvalue weighted by Crippen LogP contribution is -2.44. The molecule has 29 heavy (non-hydrogen) atoms. The number of nitrogens with one attached hydrogen (secondary N) is 1. The molecule has 2 aliphatic rings. The van der Waals surface area contributed by atoms with E-state index in [0.717, 1.165) is 30.6 Å². The van der Waals surface area contributed by atoms with Gasteiger partial charge in [0.15, 0.2) is 0 Å². The topological polar surface area (TPSA) is 32.3 Å². The molecule has 3 aromatic carbocycles. The quantitative estimate of drug-likeness (QED) is 0.721. The predicted molar refractivity (Wildman–Crippen MR) is 118 cm³/mol. The summed E-state index contributed by atoms with van der Waals surface area (Å²) in [5.74, 6) is 0.629. The second kappa shape index (κ2) is 8.00. The average molecular weight is 385 g/mol. The van der Waals surface area contributed by atoms with Crippen molar-refractivity contribution in [1.82, 2.24) is 10.2 Å². The average Bonchev–Trinajstić information content (AvgIpc) is 3.22. The van der Waals surface area contributed by atoms with Crippen LogP contribution in [0.3, 0.4) is 0 Å². The molecule has 0 spiro atoms. The van der Waals surface area contributed by atoms with Crippen LogP contribution in [0.4, 0.5) is 0 Å². The van der Waals surface area contributed by atoms with Crippen LogP contribution in [-0.4, -0.2) is 36.5 Å². The number of piperidine rings is 1. The molecule has 3 nitrogen and oxygen atoms in total. The molecule has 1 fully saturated rings. The molecule has 1 N–H and O–H groups in total. The molecule has 148 valence electrons. The number of benzene rings is 3. The van der Waals surface area contributed by atoms with Gasteiger partial charge in [0.2, 0.25) is 0 Å². The molecule has 5 rings (SSSR count). The molecule has 1 heterocycles. The first kappa shape index (κ1) is 18.4. The van der Waals surface area contributed by atoms with Crippen LogP contribution >= 0.6 is 0 Å². The van der Waals surface area contributed by atoms with Gasteiger partial charge < -0.3 is 5.32 Å². The Morgan fingerprint density at radius 3 is 2.24 bits per heavy atom. The van der Waals surface area contributed by atoms with Gasteiger partial charge in [-0.05, 0) is 78.7 Å². The zero-order chi connectivity index (χ0) is 19.6. The lowest BCUT2D eigenvalue weighted by Gasteiger charge is -2.36. The van der Waals surface area contributed by atoms with E-state index >= 15 is 0 Å². The van der Waals surface area contributed by atoms with Crippen LogP contribution in [0.25, 0.3) is 10.8 Å². The van der Waals surface area contributed by atoms with Crippen LogP contribution in [0.1, 0.15) is 34.3 Å². The van der Waals surface area contributed by atoms with Crippen molar-refractivity contribution >= 4 is 16.7 Å². The van der Waals surface area contributed by atoms with E-state index in [2.05, 4.69) is 46.6 Å². The van der Waals surface area contributed by atoms with Crippen molar-refractivity contribution in [2.75, 3.05) is 19.6 Å². The third kappa shape index (κ3) is 3.92. The van der Waals surface area contributed by atoms with Crippen molar-refractivity contribution in [3.05, 3.63) is 83.4 Å². The standard InChI is InChI=1S/C26H28N2O/c29-26(24-10-9-20-5-1-2-6-21(20)15-24)27-18-19-11-13-28(14-12-19)25-16-22-7-3-4-8-23(22)17-25/h1-10,15,19,25H,11-14,16-18H2,(H,27,29). The van der Waals surface area contributed by atoms with Gasteiger partial charge in [-0.15, -0.1) is 0 Å². The normalized spacial score (nSPS) is 18.1. The number of likely N-dealkylation sites (tertiary alicyclic amines) is 1. The highest BCUT2D eigenvalue weighted by atomic mass is 16.1. The second-order valence-corrected chi connectivity index (χ2v) is 8.58. The summed E-state index contributed by atoms with van der Waals surface area (Å²) in [6.45, 7) is 3.08. The van der Waals surface area contributed by atoms with Crippen molar-refractivity contribution < 1.29 is 4.79 Å². The molecule has 3 heteroatoms. The summed E-state index contributed by atoms with van der Waals surface area (Å²) < 4.78 is 0. The van der Waals surface area contributed by atoms with Gasteiger partial charge in [-0.25, -0.2) is 0 Å². The SMILES string of the molecule is O=C(NCC1CCN(C2Cc3ccccc3C2)CC1)c1ccc2ccccc2c1. The van der Waals surface area contributed by atoms with Crippen molar-refractivity contribution in [2.24, 2.45) is 5.92 Å². The predicted octanol–water partition coefficient (Wildman–Crippen LogP) is 4.45. The molecule has 1 amide bonds. The molecule has 1 aliphatic carbocycles. The third-order valence-electron chi connectivity index (χ3n) is 6.76. The third-order valence-corrected chi connectivity index (χ3v) is 6.76. The van der Waals surface area contributed by atoms with Gasteiger partial charge in [-0.1, -0.05) is 54.6 Å². The fourth-order valence-corrected chi connectivity index (χ4v) is 4.99. The summed E-state index contributed by atoms with van der Waals surface area (Å²) in [6, 6.07) is 23.7. The molecule has 0 radical (unpaired) electrons. The number of fused-ring (bicyclic) bond motifs is 2. The van der Waals surface area contributed by atoms with E-state index in [1.807, 2.05) is 30.3 Å². The molecule has 0 bridgehead atoms. The van der Waals surface area contributed by atoms with Crippen LogP contribution in [0.5, 0.6) is 0 Å². The molecular weight excluding hydrogens is 356 g/mol. The van der Waals surface area contributed by atoms with Crippen molar-refractivity contribution in [2.45, 2.75) is 31.7 Å². The molecular formula is C26H28N2O. The van der Waals surface area contributed by atoms with Gasteiger partial charge in [0, 0.05) is 18.2 Å². The Morgan fingerprint density at radius 2 is 1.52 bits per heavy atom. The summed E-state index contributed by atoms with van der Waals surface area (Å²) >= 11 is 0. The summed E-state index contributed by atoms with van der Waals surface area (Å²) in [4.78, 5) is 15.3. The van der Waals surface area contributed by atoms with Crippen LogP contribution < -0.4 is 5.32 Å². The minimum Gasteiger partial charge on any atom is -0.352 e. The van der Waals surface area contributed by atoms with E-state index in [0.29, 0.717) is 12.0 Å². The number of hydrogen-bond acceptors (Lipinski definition) is 2. The molecule has 1 aliphatic heterocycles. The summed E-state index contributed by atoms with van der Waals surface area (Å²) in [5, 5.41) is 5.46. The van der Waals surface area contributed by atoms with Crippen molar-refractivity contribution in [3.63, 3.8) is 0 Å². The first-order valence-corrected chi connectivity index (χ1v) is 10.8. The number of rotatable bonds is 4. The number of carbonyl (C=O) groups excluding carboxylic acids is 1. The molecule has 1 saturated heterocycles. The van der Waals surface area contributed by atoms with E-state index in [-0.39, 0.29) is 5.91 Å². The first-order valence-electron chi connectivity index (χ1n) is 10.8. The van der Waals surface area contributed by atoms with E-state index in [4.69, 9.17) is 0 Å². The van der Waals surface area contributed by atoms with Gasteiger partial charge >= 0.3 is 0 Å². The summed E-state index contributed by atoms with van der Waals surface area (Å²) in [7, 11) is 0. The maximum atomic E-state index is 12.6. The van der Waals surface area contributed by atoms with Gasteiger partial charge in [-0.2, -0.15) is 0 Å². The smallest absolute Gasteiger partial charge is 0.251 e. The fraction of sp³-hybridized carbons (Fsp3) is 0.346. The van der Waals surface area contributed by atoms with Gasteiger partial charge in [-0.3, -0.25) is 9.69 Å². The second-order valence-electron chi connectivity index (χ2n) is 8.58. The molecule has 0 atom stereocenters. The van der Waals surface area contributed by atoms with Crippen LogP contribution in [0.15, 0.2) is 66.7 Å². The van der Waals surface area contributed by atoms with E-state index in [1.165, 1.54) is 42.2 Å². The Labute approximate surface area is 172 Å². The Morgan fingerprint density at radius 1 is 0.862 bits per heavy atom. The number of amides is 1. The lowest BCUT2D eigenvalue weighted by molar-refractivity contribution is 0.0925. The highest BCUT2D eigenvalue weighted by Gasteiger charge is 2.29. The van der Waals surface area contributed by atoms with Crippen molar-refractivity contribution in [1.29, 1.82) is 0 Å². The monoisotopic (exact) mass is 384 g/mol. The highest BCUT2D eigenvalue weighted by Crippen LogP contribution is 2.28.